The standard InChI is InChI=1S/C31H32N2O6S/c1-38-22-14-12-21(13-15-22)32-17-8-16-31-26(25-24(40-31)11-6-3-7-18-39-30(25)37)28(35)33(27(31)29(32)36)23(19-34)20-9-4-2-5-10-20/h2,4-6,8-16,23-27,34H,3,7,17-19H2,1H3/b11-6-/t23-,24-,25+,26+,27?,31+/m1/s1. The Hall–Kier alpha value is -3.56. The Morgan fingerprint density at radius 1 is 1.07 bits per heavy atom. The molecule has 4 heterocycles. The fourth-order valence-corrected chi connectivity index (χ4v) is 8.54. The van der Waals surface area contributed by atoms with Gasteiger partial charge in [0.25, 0.3) is 5.91 Å². The van der Waals surface area contributed by atoms with E-state index in [0.29, 0.717) is 24.6 Å². The Morgan fingerprint density at radius 2 is 1.85 bits per heavy atom. The van der Waals surface area contributed by atoms with Crippen molar-refractivity contribution in [1.29, 1.82) is 0 Å². The average Bonchev–Trinajstić information content (AvgIpc) is 3.39. The third kappa shape index (κ3) is 4.23. The lowest BCUT2D eigenvalue weighted by Crippen LogP contribution is -2.54. The molecule has 0 radical (unpaired) electrons. The molecule has 208 valence electrons. The van der Waals surface area contributed by atoms with Crippen LogP contribution in [0.4, 0.5) is 5.69 Å². The lowest BCUT2D eigenvalue weighted by atomic mass is 9.78. The minimum atomic E-state index is -1.00. The number of carbonyl (C=O) groups is 3. The second-order valence-electron chi connectivity index (χ2n) is 10.5. The molecule has 4 aliphatic rings. The molecule has 2 saturated heterocycles. The number of rotatable bonds is 5. The van der Waals surface area contributed by atoms with E-state index in [1.165, 1.54) is 11.8 Å². The molecule has 40 heavy (non-hydrogen) atoms. The lowest BCUT2D eigenvalue weighted by molar-refractivity contribution is -0.153. The zero-order chi connectivity index (χ0) is 27.9. The number of esters is 1. The van der Waals surface area contributed by atoms with Crippen molar-refractivity contribution in [2.24, 2.45) is 11.8 Å². The fraction of sp³-hybridized carbons (Fsp3) is 0.387. The highest BCUT2D eigenvalue weighted by atomic mass is 32.2. The second-order valence-corrected chi connectivity index (χ2v) is 12.0. The van der Waals surface area contributed by atoms with Gasteiger partial charge in [-0.05, 0) is 42.7 Å². The summed E-state index contributed by atoms with van der Waals surface area (Å²) in [6.45, 7) is 0.239. The number of hydrogen-bond acceptors (Lipinski definition) is 7. The van der Waals surface area contributed by atoms with Crippen molar-refractivity contribution in [3.8, 4) is 5.75 Å². The van der Waals surface area contributed by atoms with E-state index in [0.717, 1.165) is 18.4 Å². The van der Waals surface area contributed by atoms with Gasteiger partial charge in [0, 0.05) is 17.5 Å². The molecule has 1 N–H and O–H groups in total. The second kappa shape index (κ2) is 10.8. The summed E-state index contributed by atoms with van der Waals surface area (Å²) >= 11 is 1.50. The van der Waals surface area contributed by atoms with Gasteiger partial charge in [-0.15, -0.1) is 11.8 Å². The number of aliphatic hydroxyl groups is 1. The minimum absolute atomic E-state index is 0.253. The maximum absolute atomic E-state index is 14.6. The summed E-state index contributed by atoms with van der Waals surface area (Å²) in [4.78, 5) is 45.9. The zero-order valence-corrected chi connectivity index (χ0v) is 23.0. The smallest absolute Gasteiger partial charge is 0.311 e. The van der Waals surface area contributed by atoms with Crippen LogP contribution in [0.25, 0.3) is 0 Å². The predicted octanol–water partition coefficient (Wildman–Crippen LogP) is 3.52. The normalized spacial score (nSPS) is 31.2. The number of benzene rings is 2. The summed E-state index contributed by atoms with van der Waals surface area (Å²) in [6.07, 6.45) is 9.45. The Bertz CT molecular complexity index is 1350. The van der Waals surface area contributed by atoms with Gasteiger partial charge in [0.05, 0.1) is 42.9 Å². The third-order valence-electron chi connectivity index (χ3n) is 8.37. The van der Waals surface area contributed by atoms with E-state index in [-0.39, 0.29) is 23.7 Å². The van der Waals surface area contributed by atoms with Crippen molar-refractivity contribution in [3.63, 3.8) is 0 Å². The molecule has 4 aliphatic heterocycles. The molecule has 0 saturated carbocycles. The van der Waals surface area contributed by atoms with Gasteiger partial charge < -0.3 is 24.4 Å². The van der Waals surface area contributed by atoms with Gasteiger partial charge >= 0.3 is 5.97 Å². The van der Waals surface area contributed by atoms with Crippen LogP contribution in [-0.2, 0) is 19.1 Å². The van der Waals surface area contributed by atoms with Crippen molar-refractivity contribution in [3.05, 3.63) is 84.5 Å². The number of anilines is 1. The van der Waals surface area contributed by atoms with Crippen LogP contribution in [0.5, 0.6) is 5.75 Å². The molecule has 8 nitrogen and oxygen atoms in total. The number of allylic oxidation sites excluding steroid dienone is 1. The molecule has 0 aliphatic carbocycles. The first-order valence-corrected chi connectivity index (χ1v) is 14.5. The van der Waals surface area contributed by atoms with Crippen LogP contribution < -0.4 is 9.64 Å². The molecule has 2 aromatic carbocycles. The van der Waals surface area contributed by atoms with Gasteiger partial charge in [-0.1, -0.05) is 54.6 Å². The Morgan fingerprint density at radius 3 is 2.58 bits per heavy atom. The Balaban J connectivity index is 1.50. The molecular formula is C31H32N2O6S. The van der Waals surface area contributed by atoms with Gasteiger partial charge in [0.15, 0.2) is 0 Å². The maximum atomic E-state index is 14.6. The maximum Gasteiger partial charge on any atom is 0.311 e. The van der Waals surface area contributed by atoms with Crippen LogP contribution in [0.15, 0.2) is 78.9 Å². The van der Waals surface area contributed by atoms with E-state index < -0.39 is 34.6 Å². The molecule has 1 spiro atoms. The Labute approximate surface area is 237 Å². The van der Waals surface area contributed by atoms with Gasteiger partial charge in [-0.2, -0.15) is 0 Å². The zero-order valence-electron chi connectivity index (χ0n) is 22.2. The number of hydrogen-bond donors (Lipinski definition) is 1. The number of thioether (sulfide) groups is 1. The van der Waals surface area contributed by atoms with Crippen LogP contribution in [0.1, 0.15) is 24.4 Å². The van der Waals surface area contributed by atoms with Crippen LogP contribution in [-0.4, -0.2) is 70.7 Å². The topological polar surface area (TPSA) is 96.4 Å². The van der Waals surface area contributed by atoms with Gasteiger partial charge in [0.1, 0.15) is 11.8 Å². The number of fused-ring (bicyclic) bond motifs is 2. The van der Waals surface area contributed by atoms with Gasteiger partial charge in [-0.3, -0.25) is 14.4 Å². The number of aliphatic hydroxyl groups excluding tert-OH is 1. The molecule has 0 bridgehead atoms. The first kappa shape index (κ1) is 26.7. The molecule has 1 unspecified atom stereocenters. The number of methoxy groups -OCH3 is 1. The van der Waals surface area contributed by atoms with Crippen molar-refractivity contribution in [2.75, 3.05) is 31.8 Å². The highest BCUT2D eigenvalue weighted by Gasteiger charge is 2.71. The third-order valence-corrected chi connectivity index (χ3v) is 10.1. The van der Waals surface area contributed by atoms with Gasteiger partial charge in [0.2, 0.25) is 5.91 Å². The molecule has 2 aromatic rings. The summed E-state index contributed by atoms with van der Waals surface area (Å²) in [5.74, 6) is -1.85. The van der Waals surface area contributed by atoms with Crippen LogP contribution in [0, 0.1) is 11.8 Å². The molecular weight excluding hydrogens is 528 g/mol. The van der Waals surface area contributed by atoms with Crippen molar-refractivity contribution < 1.29 is 29.0 Å². The number of nitrogens with zero attached hydrogens (tertiary/aromatic N) is 2. The average molecular weight is 561 g/mol. The predicted molar refractivity (Wildman–Crippen MR) is 152 cm³/mol. The van der Waals surface area contributed by atoms with Crippen LogP contribution >= 0.6 is 11.8 Å². The quantitative estimate of drug-likeness (QED) is 0.442. The highest BCUT2D eigenvalue weighted by molar-refractivity contribution is 8.02. The monoisotopic (exact) mass is 560 g/mol. The highest BCUT2D eigenvalue weighted by Crippen LogP contribution is 2.62. The number of amides is 2. The van der Waals surface area contributed by atoms with E-state index in [1.807, 2.05) is 66.8 Å². The number of carbonyl (C=O) groups excluding carboxylic acids is 3. The SMILES string of the molecule is COc1ccc(N2CC=C[C@]34S[C@@H]5/C=C\CCCOC(=O)[C@@H]5[C@H]3C(=O)N([C@H](CO)c3ccccc3)C4C2=O)cc1. The Kier molecular flexibility index (Phi) is 7.18. The molecule has 9 heteroatoms. The summed E-state index contributed by atoms with van der Waals surface area (Å²) in [5, 5.41) is 10.3. The minimum Gasteiger partial charge on any atom is -0.497 e. The number of likely N-dealkylation sites (tertiary alicyclic amines) is 1. The van der Waals surface area contributed by atoms with Crippen molar-refractivity contribution in [1.82, 2.24) is 4.90 Å². The summed E-state index contributed by atoms with van der Waals surface area (Å²) in [5.41, 5.74) is 1.40. The van der Waals surface area contributed by atoms with Crippen molar-refractivity contribution in [2.45, 2.75) is 34.9 Å². The van der Waals surface area contributed by atoms with Crippen molar-refractivity contribution >= 4 is 35.2 Å². The number of cyclic esters (lactones) is 1. The van der Waals surface area contributed by atoms with E-state index in [9.17, 15) is 19.5 Å². The fourth-order valence-electron chi connectivity index (χ4n) is 6.55. The molecule has 0 aromatic heterocycles. The van der Waals surface area contributed by atoms with Gasteiger partial charge in [-0.25, -0.2) is 0 Å². The molecule has 6 atom stereocenters. The lowest BCUT2D eigenvalue weighted by Gasteiger charge is -2.38. The molecule has 2 amide bonds. The summed E-state index contributed by atoms with van der Waals surface area (Å²) in [6, 6.07) is 14.8. The van der Waals surface area contributed by atoms with E-state index in [2.05, 4.69) is 0 Å². The van der Waals surface area contributed by atoms with Crippen LogP contribution in [0.2, 0.25) is 0 Å². The van der Waals surface area contributed by atoms with E-state index in [4.69, 9.17) is 9.47 Å². The number of ether oxygens (including phenoxy) is 2. The largest absolute Gasteiger partial charge is 0.497 e. The first-order chi connectivity index (χ1) is 19.5. The first-order valence-electron chi connectivity index (χ1n) is 13.6. The molecule has 6 rings (SSSR count). The summed E-state index contributed by atoms with van der Waals surface area (Å²) < 4.78 is 9.94. The van der Waals surface area contributed by atoms with Crippen LogP contribution in [0.3, 0.4) is 0 Å². The summed E-state index contributed by atoms with van der Waals surface area (Å²) in [7, 11) is 1.59. The van der Waals surface area contributed by atoms with E-state index in [1.54, 1.807) is 29.0 Å². The van der Waals surface area contributed by atoms with E-state index >= 15 is 0 Å². The molecule has 2 fully saturated rings.